The van der Waals surface area contributed by atoms with Crippen LogP contribution >= 0.6 is 0 Å². The van der Waals surface area contributed by atoms with Crippen LogP contribution in [-0.2, 0) is 0 Å². The Morgan fingerprint density at radius 2 is 2.06 bits per heavy atom. The van der Waals surface area contributed by atoms with Crippen molar-refractivity contribution in [1.82, 2.24) is 20.3 Å². The molecule has 5 nitrogen and oxygen atoms in total. The van der Waals surface area contributed by atoms with E-state index in [0.29, 0.717) is 12.0 Å². The summed E-state index contributed by atoms with van der Waals surface area (Å²) in [5.41, 5.74) is 1.08. The van der Waals surface area contributed by atoms with Crippen LogP contribution in [0.25, 0.3) is 0 Å². The third-order valence-electron chi connectivity index (χ3n) is 2.99. The molecule has 0 aliphatic carbocycles. The molecule has 3 rings (SSSR count). The van der Waals surface area contributed by atoms with E-state index in [-0.39, 0.29) is 0 Å². The largest absolute Gasteiger partial charge is 0.309 e. The second-order valence-electron chi connectivity index (χ2n) is 4.29. The minimum atomic E-state index is 0.378. The van der Waals surface area contributed by atoms with Crippen LogP contribution in [-0.4, -0.2) is 21.5 Å². The summed E-state index contributed by atoms with van der Waals surface area (Å²) in [6, 6.07) is 8.16. The third-order valence-corrected chi connectivity index (χ3v) is 2.99. The van der Waals surface area contributed by atoms with Crippen molar-refractivity contribution in [3.8, 4) is 0 Å². The molecule has 1 fully saturated rings. The van der Waals surface area contributed by atoms with Gasteiger partial charge in [-0.25, -0.2) is 15.0 Å². The van der Waals surface area contributed by atoms with Gasteiger partial charge in [0.15, 0.2) is 0 Å². The zero-order chi connectivity index (χ0) is 12.2. The Morgan fingerprint density at radius 3 is 2.83 bits per heavy atom. The molecule has 0 spiro atoms. The lowest BCUT2D eigenvalue weighted by atomic mass is 10.1. The molecule has 0 aromatic carbocycles. The molecule has 0 saturated carbocycles. The summed E-state index contributed by atoms with van der Waals surface area (Å²) in [5.74, 6) is 1.36. The summed E-state index contributed by atoms with van der Waals surface area (Å²) in [7, 11) is 0. The SMILES string of the molecule is c1cnc(Nc2cccc([C@@H]3CCCN3)n2)nc1. The fourth-order valence-corrected chi connectivity index (χ4v) is 2.13. The number of rotatable bonds is 3. The van der Waals surface area contributed by atoms with E-state index in [1.807, 2.05) is 12.1 Å². The molecule has 0 unspecified atom stereocenters. The van der Waals surface area contributed by atoms with Crippen LogP contribution in [0, 0.1) is 0 Å². The molecule has 3 heterocycles. The van der Waals surface area contributed by atoms with Crippen LogP contribution in [0.15, 0.2) is 36.7 Å². The van der Waals surface area contributed by atoms with Gasteiger partial charge in [0, 0.05) is 18.4 Å². The van der Waals surface area contributed by atoms with Gasteiger partial charge in [-0.1, -0.05) is 6.07 Å². The van der Waals surface area contributed by atoms with Gasteiger partial charge in [0.25, 0.3) is 0 Å². The molecule has 0 bridgehead atoms. The topological polar surface area (TPSA) is 62.7 Å². The maximum Gasteiger partial charge on any atom is 0.228 e. The van der Waals surface area contributed by atoms with Crippen LogP contribution in [0.4, 0.5) is 11.8 Å². The highest BCUT2D eigenvalue weighted by Crippen LogP contribution is 2.22. The summed E-state index contributed by atoms with van der Waals surface area (Å²) in [4.78, 5) is 12.8. The van der Waals surface area contributed by atoms with Gasteiger partial charge in [-0.05, 0) is 37.6 Å². The molecule has 18 heavy (non-hydrogen) atoms. The minimum Gasteiger partial charge on any atom is -0.309 e. The van der Waals surface area contributed by atoms with Crippen LogP contribution < -0.4 is 10.6 Å². The number of pyridine rings is 1. The van der Waals surface area contributed by atoms with Crippen LogP contribution in [0.2, 0.25) is 0 Å². The molecule has 0 radical (unpaired) electrons. The molecule has 1 aliphatic rings. The fraction of sp³-hybridized carbons (Fsp3) is 0.308. The van der Waals surface area contributed by atoms with Gasteiger partial charge in [0.1, 0.15) is 5.82 Å². The van der Waals surface area contributed by atoms with Gasteiger partial charge in [-0.3, -0.25) is 0 Å². The van der Waals surface area contributed by atoms with Crippen molar-refractivity contribution < 1.29 is 0 Å². The molecule has 1 aliphatic heterocycles. The second kappa shape index (κ2) is 5.10. The molecule has 0 amide bonds. The monoisotopic (exact) mass is 241 g/mol. The first-order valence-electron chi connectivity index (χ1n) is 6.16. The number of anilines is 2. The third kappa shape index (κ3) is 2.46. The standard InChI is InChI=1S/C13H15N5/c1-4-11(10-5-2-7-14-10)17-12(6-1)18-13-15-8-3-9-16-13/h1,3-4,6,8-10,14H,2,5,7H2,(H,15,16,17,18)/t10-/m0/s1. The molecule has 2 aromatic heterocycles. The Morgan fingerprint density at radius 1 is 1.17 bits per heavy atom. The van der Waals surface area contributed by atoms with E-state index in [4.69, 9.17) is 0 Å². The van der Waals surface area contributed by atoms with Gasteiger partial charge >= 0.3 is 0 Å². The quantitative estimate of drug-likeness (QED) is 0.861. The molecule has 2 aromatic rings. The van der Waals surface area contributed by atoms with E-state index in [0.717, 1.165) is 24.5 Å². The van der Waals surface area contributed by atoms with Crippen molar-refractivity contribution >= 4 is 11.8 Å². The maximum atomic E-state index is 4.60. The van der Waals surface area contributed by atoms with Gasteiger partial charge < -0.3 is 10.6 Å². The second-order valence-corrected chi connectivity index (χ2v) is 4.29. The van der Waals surface area contributed by atoms with Gasteiger partial charge in [0.05, 0.1) is 5.69 Å². The lowest BCUT2D eigenvalue weighted by Gasteiger charge is -2.11. The molecule has 1 saturated heterocycles. The van der Waals surface area contributed by atoms with Gasteiger partial charge in [-0.2, -0.15) is 0 Å². The molecular weight excluding hydrogens is 226 g/mol. The minimum absolute atomic E-state index is 0.378. The van der Waals surface area contributed by atoms with Crippen molar-refractivity contribution in [3.05, 3.63) is 42.4 Å². The van der Waals surface area contributed by atoms with E-state index in [9.17, 15) is 0 Å². The Balaban J connectivity index is 1.78. The molecule has 92 valence electrons. The Labute approximate surface area is 106 Å². The smallest absolute Gasteiger partial charge is 0.228 e. The Bertz CT molecular complexity index is 508. The van der Waals surface area contributed by atoms with E-state index in [1.165, 1.54) is 6.42 Å². The molecular formula is C13H15N5. The predicted octanol–water partition coefficient (Wildman–Crippen LogP) is 2.04. The number of hydrogen-bond acceptors (Lipinski definition) is 5. The van der Waals surface area contributed by atoms with E-state index in [2.05, 4.69) is 31.7 Å². The Hall–Kier alpha value is -2.01. The maximum absolute atomic E-state index is 4.60. The summed E-state index contributed by atoms with van der Waals surface area (Å²) in [6.45, 7) is 1.08. The summed E-state index contributed by atoms with van der Waals surface area (Å²) in [6.07, 6.45) is 5.78. The summed E-state index contributed by atoms with van der Waals surface area (Å²) >= 11 is 0. The zero-order valence-electron chi connectivity index (χ0n) is 10.0. The van der Waals surface area contributed by atoms with Crippen LogP contribution in [0.1, 0.15) is 24.6 Å². The average molecular weight is 241 g/mol. The first kappa shape index (κ1) is 11.1. The van der Waals surface area contributed by atoms with Crippen LogP contribution in [0.3, 0.4) is 0 Å². The summed E-state index contributed by atoms with van der Waals surface area (Å²) in [5, 5.41) is 6.55. The highest BCUT2D eigenvalue weighted by atomic mass is 15.1. The van der Waals surface area contributed by atoms with Crippen molar-refractivity contribution in [2.45, 2.75) is 18.9 Å². The van der Waals surface area contributed by atoms with Crippen molar-refractivity contribution in [2.75, 3.05) is 11.9 Å². The van der Waals surface area contributed by atoms with E-state index >= 15 is 0 Å². The normalized spacial score (nSPS) is 18.8. The van der Waals surface area contributed by atoms with Crippen molar-refractivity contribution in [1.29, 1.82) is 0 Å². The lowest BCUT2D eigenvalue weighted by Crippen LogP contribution is -2.14. The molecule has 2 N–H and O–H groups in total. The first-order chi connectivity index (χ1) is 8.92. The van der Waals surface area contributed by atoms with Gasteiger partial charge in [0.2, 0.25) is 5.95 Å². The van der Waals surface area contributed by atoms with Crippen molar-refractivity contribution in [3.63, 3.8) is 0 Å². The molecule has 1 atom stereocenters. The zero-order valence-corrected chi connectivity index (χ0v) is 10.0. The van der Waals surface area contributed by atoms with Crippen LogP contribution in [0.5, 0.6) is 0 Å². The highest BCUT2D eigenvalue weighted by molar-refractivity contribution is 5.47. The lowest BCUT2D eigenvalue weighted by molar-refractivity contribution is 0.629. The number of hydrogen-bond donors (Lipinski definition) is 2. The van der Waals surface area contributed by atoms with E-state index in [1.54, 1.807) is 18.5 Å². The molecule has 5 heteroatoms. The highest BCUT2D eigenvalue weighted by Gasteiger charge is 2.17. The number of nitrogens with one attached hydrogen (secondary N) is 2. The first-order valence-corrected chi connectivity index (χ1v) is 6.16. The van der Waals surface area contributed by atoms with E-state index < -0.39 is 0 Å². The fourth-order valence-electron chi connectivity index (χ4n) is 2.13. The number of nitrogens with zero attached hydrogens (tertiary/aromatic N) is 3. The predicted molar refractivity (Wildman–Crippen MR) is 69.5 cm³/mol. The van der Waals surface area contributed by atoms with Gasteiger partial charge in [-0.15, -0.1) is 0 Å². The number of aromatic nitrogens is 3. The summed E-state index contributed by atoms with van der Waals surface area (Å²) < 4.78 is 0. The Kier molecular flexibility index (Phi) is 3.14. The average Bonchev–Trinajstić information content (AvgIpc) is 2.94. The van der Waals surface area contributed by atoms with Crippen molar-refractivity contribution in [2.24, 2.45) is 0 Å².